The molecule has 158 valence electrons. The summed E-state index contributed by atoms with van der Waals surface area (Å²) in [6, 6.07) is 14.8. The molecule has 5 nitrogen and oxygen atoms in total. The summed E-state index contributed by atoms with van der Waals surface area (Å²) >= 11 is 1.43. The highest BCUT2D eigenvalue weighted by atomic mass is 32.1. The van der Waals surface area contributed by atoms with E-state index in [9.17, 15) is 9.18 Å². The van der Waals surface area contributed by atoms with Crippen molar-refractivity contribution in [2.24, 2.45) is 7.05 Å². The SMILES string of the molecule is Cn1cc(CC(=O)N2CCCC(c3nnc(-c4ccccc4F)s3)C2)c2ccccc21. The minimum Gasteiger partial charge on any atom is -0.350 e. The largest absolute Gasteiger partial charge is 0.350 e. The van der Waals surface area contributed by atoms with Gasteiger partial charge in [-0.2, -0.15) is 0 Å². The summed E-state index contributed by atoms with van der Waals surface area (Å²) in [5, 5.41) is 11.2. The molecule has 1 aliphatic rings. The third kappa shape index (κ3) is 3.85. The van der Waals surface area contributed by atoms with E-state index in [2.05, 4.69) is 33.1 Å². The van der Waals surface area contributed by atoms with Crippen LogP contribution in [-0.4, -0.2) is 38.7 Å². The quantitative estimate of drug-likeness (QED) is 0.464. The Kier molecular flexibility index (Phi) is 5.28. The number of piperidine rings is 1. The second kappa shape index (κ2) is 8.23. The van der Waals surface area contributed by atoms with Gasteiger partial charge in [-0.15, -0.1) is 10.2 Å². The zero-order valence-electron chi connectivity index (χ0n) is 17.3. The van der Waals surface area contributed by atoms with E-state index in [0.717, 1.165) is 40.9 Å². The van der Waals surface area contributed by atoms with Gasteiger partial charge in [-0.25, -0.2) is 4.39 Å². The number of aryl methyl sites for hydroxylation is 1. The van der Waals surface area contributed by atoms with E-state index in [1.165, 1.54) is 17.4 Å². The van der Waals surface area contributed by atoms with Crippen LogP contribution in [0.25, 0.3) is 21.5 Å². The Morgan fingerprint density at radius 1 is 1.16 bits per heavy atom. The van der Waals surface area contributed by atoms with Gasteiger partial charge in [0.1, 0.15) is 10.8 Å². The van der Waals surface area contributed by atoms with Crippen molar-refractivity contribution in [1.29, 1.82) is 0 Å². The Balaban J connectivity index is 1.31. The number of carbonyl (C=O) groups excluding carboxylic acids is 1. The van der Waals surface area contributed by atoms with Gasteiger partial charge in [-0.3, -0.25) is 4.79 Å². The maximum absolute atomic E-state index is 14.1. The molecule has 4 aromatic rings. The Morgan fingerprint density at radius 2 is 1.97 bits per heavy atom. The zero-order chi connectivity index (χ0) is 21.4. The first-order chi connectivity index (χ1) is 15.1. The molecule has 2 aromatic heterocycles. The first kappa shape index (κ1) is 19.9. The first-order valence-electron chi connectivity index (χ1n) is 10.5. The molecule has 0 radical (unpaired) electrons. The molecule has 0 N–H and O–H groups in total. The number of hydrogen-bond acceptors (Lipinski definition) is 4. The van der Waals surface area contributed by atoms with Crippen LogP contribution < -0.4 is 0 Å². The summed E-state index contributed by atoms with van der Waals surface area (Å²) in [4.78, 5) is 15.0. The van der Waals surface area contributed by atoms with Crippen LogP contribution in [0.2, 0.25) is 0 Å². The minimum absolute atomic E-state index is 0.139. The number of rotatable bonds is 4. The van der Waals surface area contributed by atoms with E-state index < -0.39 is 0 Å². The summed E-state index contributed by atoms with van der Waals surface area (Å²) in [6.07, 6.45) is 4.34. The van der Waals surface area contributed by atoms with Crippen LogP contribution in [0, 0.1) is 5.82 Å². The maximum Gasteiger partial charge on any atom is 0.227 e. The lowest BCUT2D eigenvalue weighted by molar-refractivity contribution is -0.131. The summed E-state index contributed by atoms with van der Waals surface area (Å²) in [7, 11) is 2.01. The second-order valence-electron chi connectivity index (χ2n) is 8.06. The van der Waals surface area contributed by atoms with E-state index in [-0.39, 0.29) is 17.6 Å². The van der Waals surface area contributed by atoms with Crippen LogP contribution >= 0.6 is 11.3 Å². The number of benzene rings is 2. The Labute approximate surface area is 184 Å². The number of halogens is 1. The van der Waals surface area contributed by atoms with Gasteiger partial charge in [-0.1, -0.05) is 41.7 Å². The van der Waals surface area contributed by atoms with Crippen LogP contribution in [-0.2, 0) is 18.3 Å². The van der Waals surface area contributed by atoms with E-state index in [1.54, 1.807) is 18.2 Å². The summed E-state index contributed by atoms with van der Waals surface area (Å²) < 4.78 is 16.2. The molecule has 1 amide bonds. The number of para-hydroxylation sites is 1. The number of fused-ring (bicyclic) bond motifs is 1. The van der Waals surface area contributed by atoms with Crippen LogP contribution in [0.3, 0.4) is 0 Å². The van der Waals surface area contributed by atoms with Crippen LogP contribution in [0.1, 0.15) is 29.3 Å². The van der Waals surface area contributed by atoms with Gasteiger partial charge >= 0.3 is 0 Å². The molecule has 0 saturated carbocycles. The molecule has 0 aliphatic carbocycles. The number of amides is 1. The molecule has 31 heavy (non-hydrogen) atoms. The monoisotopic (exact) mass is 434 g/mol. The minimum atomic E-state index is -0.291. The molecule has 3 heterocycles. The summed E-state index contributed by atoms with van der Waals surface area (Å²) in [5.74, 6) is -0.0103. The molecule has 2 aromatic carbocycles. The topological polar surface area (TPSA) is 51.0 Å². The third-order valence-corrected chi connectivity index (χ3v) is 7.11. The van der Waals surface area contributed by atoms with Crippen LogP contribution in [0.15, 0.2) is 54.7 Å². The molecule has 5 rings (SSSR count). The predicted molar refractivity (Wildman–Crippen MR) is 120 cm³/mol. The maximum atomic E-state index is 14.1. The fourth-order valence-electron chi connectivity index (χ4n) is 4.39. The van der Waals surface area contributed by atoms with Gasteiger partial charge < -0.3 is 9.47 Å². The number of likely N-dealkylation sites (tertiary alicyclic amines) is 1. The second-order valence-corrected chi connectivity index (χ2v) is 9.07. The molecule has 0 bridgehead atoms. The fourth-order valence-corrected chi connectivity index (χ4v) is 5.39. The molecule has 0 spiro atoms. The molecular formula is C24H23FN4OS. The van der Waals surface area contributed by atoms with Crippen LogP contribution in [0.5, 0.6) is 0 Å². The molecular weight excluding hydrogens is 411 g/mol. The molecule has 1 aliphatic heterocycles. The molecule has 1 atom stereocenters. The predicted octanol–water partition coefficient (Wildman–Crippen LogP) is 4.78. The van der Waals surface area contributed by atoms with Crippen molar-refractivity contribution in [2.45, 2.75) is 25.2 Å². The highest BCUT2D eigenvalue weighted by molar-refractivity contribution is 7.14. The van der Waals surface area contributed by atoms with Crippen molar-refractivity contribution in [3.8, 4) is 10.6 Å². The van der Waals surface area contributed by atoms with Gasteiger partial charge in [0.2, 0.25) is 5.91 Å². The van der Waals surface area contributed by atoms with Gasteiger partial charge in [0.15, 0.2) is 5.01 Å². The van der Waals surface area contributed by atoms with E-state index in [4.69, 9.17) is 0 Å². The van der Waals surface area contributed by atoms with Gasteiger partial charge in [0.05, 0.1) is 6.42 Å². The lowest BCUT2D eigenvalue weighted by atomic mass is 9.98. The normalized spacial score (nSPS) is 16.7. The van der Waals surface area contributed by atoms with E-state index in [1.807, 2.05) is 24.1 Å². The molecule has 1 unspecified atom stereocenters. The Hall–Kier alpha value is -3.06. The highest BCUT2D eigenvalue weighted by Gasteiger charge is 2.28. The first-order valence-corrected chi connectivity index (χ1v) is 11.3. The molecule has 7 heteroatoms. The van der Waals surface area contributed by atoms with Crippen molar-refractivity contribution < 1.29 is 9.18 Å². The van der Waals surface area contributed by atoms with Gasteiger partial charge in [-0.05, 0) is 36.6 Å². The molecule has 1 fully saturated rings. The molecule has 1 saturated heterocycles. The third-order valence-electron chi connectivity index (χ3n) is 5.99. The number of hydrogen-bond donors (Lipinski definition) is 0. The smallest absolute Gasteiger partial charge is 0.227 e. The standard InChI is InChI=1S/C24H23FN4OS/c1-28-14-17(18-8-3-5-11-21(18)28)13-22(30)29-12-6-7-16(15-29)23-26-27-24(31-23)19-9-2-4-10-20(19)25/h2-5,8-11,14,16H,6-7,12-13,15H2,1H3. The van der Waals surface area contributed by atoms with Gasteiger partial charge in [0.25, 0.3) is 0 Å². The number of aromatic nitrogens is 3. The van der Waals surface area contributed by atoms with Crippen molar-refractivity contribution >= 4 is 28.1 Å². The van der Waals surface area contributed by atoms with E-state index >= 15 is 0 Å². The van der Waals surface area contributed by atoms with Crippen molar-refractivity contribution in [2.75, 3.05) is 13.1 Å². The zero-order valence-corrected chi connectivity index (χ0v) is 18.1. The Bertz CT molecular complexity index is 1250. The number of nitrogens with zero attached hydrogens (tertiary/aromatic N) is 4. The lowest BCUT2D eigenvalue weighted by Gasteiger charge is -2.31. The van der Waals surface area contributed by atoms with Crippen molar-refractivity contribution in [3.05, 3.63) is 71.1 Å². The Morgan fingerprint density at radius 3 is 2.84 bits per heavy atom. The van der Waals surface area contributed by atoms with Gasteiger partial charge in [0, 0.05) is 48.7 Å². The van der Waals surface area contributed by atoms with Crippen molar-refractivity contribution in [3.63, 3.8) is 0 Å². The van der Waals surface area contributed by atoms with Crippen molar-refractivity contribution in [1.82, 2.24) is 19.7 Å². The average molecular weight is 435 g/mol. The summed E-state index contributed by atoms with van der Waals surface area (Å²) in [5.41, 5.74) is 2.67. The fraction of sp³-hybridized carbons (Fsp3) is 0.292. The average Bonchev–Trinajstić information content (AvgIpc) is 3.40. The number of carbonyl (C=O) groups is 1. The summed E-state index contributed by atoms with van der Waals surface area (Å²) in [6.45, 7) is 1.40. The lowest BCUT2D eigenvalue weighted by Crippen LogP contribution is -2.39. The van der Waals surface area contributed by atoms with Crippen LogP contribution in [0.4, 0.5) is 4.39 Å². The van der Waals surface area contributed by atoms with E-state index in [0.29, 0.717) is 23.5 Å². The highest BCUT2D eigenvalue weighted by Crippen LogP contribution is 2.34.